The van der Waals surface area contributed by atoms with Gasteiger partial charge in [-0.05, 0) is 53.6 Å². The summed E-state index contributed by atoms with van der Waals surface area (Å²) in [4.78, 5) is 13.3. The normalized spacial score (nSPS) is 25.7. The first-order chi connectivity index (χ1) is 15.1. The van der Waals surface area contributed by atoms with Crippen molar-refractivity contribution < 1.29 is 9.90 Å². The van der Waals surface area contributed by atoms with Crippen LogP contribution >= 0.6 is 23.2 Å². The molecule has 1 fully saturated rings. The van der Waals surface area contributed by atoms with Crippen LogP contribution in [0.15, 0.2) is 48.5 Å². The number of rotatable bonds is 7. The number of nitrogens with two attached hydrogens (primary N) is 1. The fourth-order valence-corrected chi connectivity index (χ4v) is 5.02. The summed E-state index contributed by atoms with van der Waals surface area (Å²) in [6.45, 7) is 6.92. The molecule has 0 aliphatic carbocycles. The molecule has 1 unspecified atom stereocenters. The minimum Gasteiger partial charge on any atom is -0.396 e. The Balaban J connectivity index is 2.13. The topological polar surface area (TPSA) is 87.4 Å². The summed E-state index contributed by atoms with van der Waals surface area (Å²) in [7, 11) is 0. The second-order valence-electron chi connectivity index (χ2n) is 9.80. The van der Waals surface area contributed by atoms with Gasteiger partial charge in [-0.1, -0.05) is 68.2 Å². The minimum absolute atomic E-state index is 0.0180. The summed E-state index contributed by atoms with van der Waals surface area (Å²) < 4.78 is 0. The molecular weight excluding hydrogens is 445 g/mol. The molecule has 0 bridgehead atoms. The van der Waals surface area contributed by atoms with Gasteiger partial charge in [0.1, 0.15) is 0 Å². The van der Waals surface area contributed by atoms with Crippen molar-refractivity contribution in [1.82, 2.24) is 10.6 Å². The predicted molar refractivity (Wildman–Crippen MR) is 131 cm³/mol. The highest BCUT2D eigenvalue weighted by Gasteiger charge is 2.56. The van der Waals surface area contributed by atoms with Crippen LogP contribution < -0.4 is 16.4 Å². The average Bonchev–Trinajstić information content (AvgIpc) is 3.00. The number of nitrogens with one attached hydrogen (secondary N) is 2. The van der Waals surface area contributed by atoms with Gasteiger partial charge in [-0.3, -0.25) is 4.79 Å². The van der Waals surface area contributed by atoms with Crippen LogP contribution in [0.3, 0.4) is 0 Å². The maximum Gasteiger partial charge on any atom is 0.237 e. The van der Waals surface area contributed by atoms with E-state index in [0.29, 0.717) is 23.0 Å². The van der Waals surface area contributed by atoms with Gasteiger partial charge in [-0.25, -0.2) is 0 Å². The third-order valence-electron chi connectivity index (χ3n) is 6.09. The summed E-state index contributed by atoms with van der Waals surface area (Å²) in [6, 6.07) is 14.4. The van der Waals surface area contributed by atoms with Gasteiger partial charge < -0.3 is 21.5 Å². The van der Waals surface area contributed by atoms with E-state index in [1.165, 1.54) is 0 Å². The Labute approximate surface area is 200 Å². The van der Waals surface area contributed by atoms with Crippen LogP contribution in [0.4, 0.5) is 0 Å². The fourth-order valence-electron chi connectivity index (χ4n) is 4.70. The van der Waals surface area contributed by atoms with Crippen molar-refractivity contribution in [1.29, 1.82) is 0 Å². The number of amides is 1. The molecule has 32 heavy (non-hydrogen) atoms. The molecule has 4 atom stereocenters. The lowest BCUT2D eigenvalue weighted by Crippen LogP contribution is -2.51. The molecule has 1 heterocycles. The zero-order valence-corrected chi connectivity index (χ0v) is 20.4. The predicted octanol–water partition coefficient (Wildman–Crippen LogP) is 4.21. The Morgan fingerprint density at radius 2 is 1.84 bits per heavy atom. The Kier molecular flexibility index (Phi) is 7.89. The van der Waals surface area contributed by atoms with E-state index in [4.69, 9.17) is 34.0 Å². The molecule has 174 valence electrons. The fraction of sp³-hybridized carbons (Fsp3) is 0.480. The maximum atomic E-state index is 13.3. The number of carbonyl (C=O) groups is 1. The second kappa shape index (κ2) is 10.1. The summed E-state index contributed by atoms with van der Waals surface area (Å²) in [6.07, 6.45) is 1.26. The van der Waals surface area contributed by atoms with E-state index in [1.807, 2.05) is 48.5 Å². The molecule has 5 nitrogen and oxygen atoms in total. The van der Waals surface area contributed by atoms with Crippen molar-refractivity contribution in [2.75, 3.05) is 13.2 Å². The van der Waals surface area contributed by atoms with Crippen molar-refractivity contribution in [2.24, 2.45) is 11.1 Å². The Hall–Kier alpha value is -1.63. The number of hydrogen-bond donors (Lipinski definition) is 4. The van der Waals surface area contributed by atoms with Crippen LogP contribution in [0.2, 0.25) is 10.0 Å². The molecule has 1 saturated heterocycles. The van der Waals surface area contributed by atoms with Crippen molar-refractivity contribution in [3.63, 3.8) is 0 Å². The third kappa shape index (κ3) is 5.46. The highest BCUT2D eigenvalue weighted by molar-refractivity contribution is 6.30. The molecule has 3 rings (SSSR count). The Morgan fingerprint density at radius 3 is 2.44 bits per heavy atom. The SMILES string of the molecule is CC(C)(C)C[C@@H]1N[C@@H](C(=O)NCCCO)[C@H](c2cccc(Cl)c2)C1(N)c1ccc(Cl)cc1. The molecule has 7 heteroatoms. The molecule has 1 amide bonds. The smallest absolute Gasteiger partial charge is 0.237 e. The van der Waals surface area contributed by atoms with Gasteiger partial charge in [0.2, 0.25) is 5.91 Å². The lowest BCUT2D eigenvalue weighted by Gasteiger charge is -2.39. The van der Waals surface area contributed by atoms with E-state index in [2.05, 4.69) is 31.4 Å². The monoisotopic (exact) mass is 477 g/mol. The zero-order valence-electron chi connectivity index (χ0n) is 18.9. The first kappa shape index (κ1) is 25.0. The minimum atomic E-state index is -0.873. The summed E-state index contributed by atoms with van der Waals surface area (Å²) in [5.41, 5.74) is 8.25. The molecule has 0 spiro atoms. The van der Waals surface area contributed by atoms with Crippen molar-refractivity contribution in [3.05, 3.63) is 69.7 Å². The molecule has 2 aromatic carbocycles. The van der Waals surface area contributed by atoms with Crippen molar-refractivity contribution >= 4 is 29.1 Å². The molecule has 2 aromatic rings. The number of halogens is 2. The first-order valence-corrected chi connectivity index (χ1v) is 11.8. The molecule has 1 aliphatic heterocycles. The first-order valence-electron chi connectivity index (χ1n) is 11.0. The lowest BCUT2D eigenvalue weighted by atomic mass is 9.68. The molecule has 1 aliphatic rings. The average molecular weight is 478 g/mol. The van der Waals surface area contributed by atoms with Gasteiger partial charge in [0.25, 0.3) is 0 Å². The number of aliphatic hydroxyl groups is 1. The van der Waals surface area contributed by atoms with E-state index >= 15 is 0 Å². The molecule has 0 aromatic heterocycles. The maximum absolute atomic E-state index is 13.3. The summed E-state index contributed by atoms with van der Waals surface area (Å²) in [5, 5.41) is 16.9. The Morgan fingerprint density at radius 1 is 1.16 bits per heavy atom. The zero-order chi connectivity index (χ0) is 23.5. The van der Waals surface area contributed by atoms with E-state index in [0.717, 1.165) is 17.5 Å². The van der Waals surface area contributed by atoms with Crippen LogP contribution in [0.25, 0.3) is 0 Å². The summed E-state index contributed by atoms with van der Waals surface area (Å²) >= 11 is 12.5. The largest absolute Gasteiger partial charge is 0.396 e. The van der Waals surface area contributed by atoms with E-state index < -0.39 is 11.6 Å². The van der Waals surface area contributed by atoms with Gasteiger partial charge in [0, 0.05) is 35.2 Å². The second-order valence-corrected chi connectivity index (χ2v) is 10.7. The number of benzene rings is 2. The highest BCUT2D eigenvalue weighted by Crippen LogP contribution is 2.48. The highest BCUT2D eigenvalue weighted by atomic mass is 35.5. The molecular formula is C25H33Cl2N3O2. The van der Waals surface area contributed by atoms with Gasteiger partial charge in [-0.15, -0.1) is 0 Å². The summed E-state index contributed by atoms with van der Waals surface area (Å²) in [5.74, 6) is -0.493. The number of hydrogen-bond acceptors (Lipinski definition) is 4. The van der Waals surface area contributed by atoms with Crippen LogP contribution in [0, 0.1) is 5.41 Å². The van der Waals surface area contributed by atoms with Crippen LogP contribution in [0.1, 0.15) is 50.7 Å². The number of aliphatic hydroxyl groups excluding tert-OH is 1. The van der Waals surface area contributed by atoms with Crippen LogP contribution in [-0.2, 0) is 10.3 Å². The van der Waals surface area contributed by atoms with Crippen LogP contribution in [0.5, 0.6) is 0 Å². The quantitative estimate of drug-likeness (QED) is 0.449. The van der Waals surface area contributed by atoms with Crippen molar-refractivity contribution in [3.8, 4) is 0 Å². The van der Waals surface area contributed by atoms with E-state index in [9.17, 15) is 4.79 Å². The molecule has 5 N–H and O–H groups in total. The van der Waals surface area contributed by atoms with Gasteiger partial charge in [-0.2, -0.15) is 0 Å². The standard InChI is InChI=1S/C25H33Cl2N3O2/c1-24(2,3)15-20-25(28,17-8-10-18(26)11-9-17)21(16-6-4-7-19(27)14-16)22(30-20)23(32)29-12-5-13-31/h4,6-11,14,20-22,30-31H,5,12-13,15,28H2,1-3H3,(H,29,32)/t20-,21-,22+,25?/m0/s1. The third-order valence-corrected chi connectivity index (χ3v) is 6.58. The Bertz CT molecular complexity index is 930. The van der Waals surface area contributed by atoms with Crippen molar-refractivity contribution in [2.45, 2.75) is 57.2 Å². The van der Waals surface area contributed by atoms with Gasteiger partial charge >= 0.3 is 0 Å². The van der Waals surface area contributed by atoms with Crippen LogP contribution in [-0.4, -0.2) is 36.2 Å². The van der Waals surface area contributed by atoms with E-state index in [-0.39, 0.29) is 29.9 Å². The number of carbonyl (C=O) groups excluding carboxylic acids is 1. The van der Waals surface area contributed by atoms with Gasteiger partial charge in [0.15, 0.2) is 0 Å². The van der Waals surface area contributed by atoms with Gasteiger partial charge in [0.05, 0.1) is 11.6 Å². The lowest BCUT2D eigenvalue weighted by molar-refractivity contribution is -0.123. The van der Waals surface area contributed by atoms with E-state index in [1.54, 1.807) is 0 Å². The molecule has 0 saturated carbocycles. The molecule has 0 radical (unpaired) electrons.